The van der Waals surface area contributed by atoms with Crippen LogP contribution in [0.1, 0.15) is 39.0 Å². The van der Waals surface area contributed by atoms with Crippen molar-refractivity contribution < 1.29 is 9.90 Å². The molecule has 4 heteroatoms. The number of rotatable bonds is 3. The Labute approximate surface area is 104 Å². The molecule has 0 aromatic rings. The maximum Gasteiger partial charge on any atom is 0.239 e. The first-order valence-electron chi connectivity index (χ1n) is 6.89. The maximum absolute atomic E-state index is 12.3. The average molecular weight is 240 g/mol. The Bertz CT molecular complexity index is 264. The largest absolute Gasteiger partial charge is 0.395 e. The van der Waals surface area contributed by atoms with Gasteiger partial charge in [0.05, 0.1) is 12.6 Å². The first kappa shape index (κ1) is 12.8. The van der Waals surface area contributed by atoms with Gasteiger partial charge in [-0.2, -0.15) is 0 Å². The monoisotopic (exact) mass is 240 g/mol. The van der Waals surface area contributed by atoms with Crippen molar-refractivity contribution in [2.75, 3.05) is 26.2 Å². The summed E-state index contributed by atoms with van der Waals surface area (Å²) in [6.45, 7) is 4.95. The van der Waals surface area contributed by atoms with Crippen LogP contribution >= 0.6 is 0 Å². The van der Waals surface area contributed by atoms with Gasteiger partial charge in [-0.25, -0.2) is 0 Å². The quantitative estimate of drug-likeness (QED) is 0.795. The number of aliphatic hydroxyl groups excluding tert-OH is 1. The Kier molecular flexibility index (Phi) is 4.40. The molecule has 2 fully saturated rings. The van der Waals surface area contributed by atoms with Crippen LogP contribution in [0, 0.1) is 0 Å². The lowest BCUT2D eigenvalue weighted by Crippen LogP contribution is -2.50. The predicted octanol–water partition coefficient (Wildman–Crippen LogP) is 0.844. The zero-order valence-electron chi connectivity index (χ0n) is 10.8. The molecule has 0 aliphatic carbocycles. The molecule has 0 spiro atoms. The molecule has 0 aromatic heterocycles. The fourth-order valence-corrected chi connectivity index (χ4v) is 3.08. The predicted molar refractivity (Wildman–Crippen MR) is 66.7 cm³/mol. The van der Waals surface area contributed by atoms with Crippen LogP contribution in [0.5, 0.6) is 0 Å². The van der Waals surface area contributed by atoms with E-state index in [0.717, 1.165) is 45.3 Å². The van der Waals surface area contributed by atoms with E-state index >= 15 is 0 Å². The molecule has 0 radical (unpaired) electrons. The summed E-state index contributed by atoms with van der Waals surface area (Å²) in [5.74, 6) is 0.255. The molecule has 0 saturated carbocycles. The first-order chi connectivity index (χ1) is 8.24. The molecule has 1 unspecified atom stereocenters. The molecule has 1 N–H and O–H groups in total. The Morgan fingerprint density at radius 1 is 1.24 bits per heavy atom. The second kappa shape index (κ2) is 5.83. The van der Waals surface area contributed by atoms with Crippen molar-refractivity contribution >= 4 is 5.91 Å². The molecule has 0 bridgehead atoms. The Hall–Kier alpha value is -0.610. The summed E-state index contributed by atoms with van der Waals surface area (Å²) in [5, 5.41) is 9.31. The van der Waals surface area contributed by atoms with Crippen molar-refractivity contribution in [3.63, 3.8) is 0 Å². The van der Waals surface area contributed by atoms with Gasteiger partial charge in [-0.15, -0.1) is 0 Å². The van der Waals surface area contributed by atoms with Gasteiger partial charge in [0, 0.05) is 19.1 Å². The molecule has 2 atom stereocenters. The first-order valence-corrected chi connectivity index (χ1v) is 6.89. The molecule has 2 rings (SSSR count). The van der Waals surface area contributed by atoms with E-state index < -0.39 is 0 Å². The van der Waals surface area contributed by atoms with Crippen LogP contribution in [-0.2, 0) is 4.79 Å². The highest BCUT2D eigenvalue weighted by atomic mass is 16.3. The number of piperidine rings is 1. The van der Waals surface area contributed by atoms with Crippen LogP contribution in [0.4, 0.5) is 0 Å². The van der Waals surface area contributed by atoms with E-state index in [-0.39, 0.29) is 24.6 Å². The summed E-state index contributed by atoms with van der Waals surface area (Å²) in [6, 6.07) is 0.131. The van der Waals surface area contributed by atoms with Crippen molar-refractivity contribution in [2.45, 2.75) is 51.1 Å². The van der Waals surface area contributed by atoms with E-state index in [2.05, 4.69) is 4.90 Å². The molecule has 98 valence electrons. The van der Waals surface area contributed by atoms with Gasteiger partial charge in [0.25, 0.3) is 0 Å². The van der Waals surface area contributed by atoms with Crippen molar-refractivity contribution in [3.05, 3.63) is 0 Å². The number of amides is 1. The molecule has 2 aliphatic rings. The van der Waals surface area contributed by atoms with Gasteiger partial charge in [-0.05, 0) is 45.6 Å². The van der Waals surface area contributed by atoms with Crippen LogP contribution in [0.2, 0.25) is 0 Å². The third kappa shape index (κ3) is 2.80. The van der Waals surface area contributed by atoms with Crippen molar-refractivity contribution in [3.8, 4) is 0 Å². The van der Waals surface area contributed by atoms with Gasteiger partial charge in [0.2, 0.25) is 5.91 Å². The van der Waals surface area contributed by atoms with Gasteiger partial charge in [-0.1, -0.05) is 0 Å². The maximum atomic E-state index is 12.3. The average Bonchev–Trinajstić information content (AvgIpc) is 2.86. The third-order valence-electron chi connectivity index (χ3n) is 4.16. The van der Waals surface area contributed by atoms with Crippen LogP contribution in [0.3, 0.4) is 0 Å². The number of hydrogen-bond donors (Lipinski definition) is 1. The van der Waals surface area contributed by atoms with E-state index in [1.54, 1.807) is 0 Å². The molecule has 2 aliphatic heterocycles. The van der Waals surface area contributed by atoms with E-state index in [9.17, 15) is 9.90 Å². The molecule has 1 amide bonds. The number of carbonyl (C=O) groups is 1. The lowest BCUT2D eigenvalue weighted by Gasteiger charge is -2.34. The standard InChI is InChI=1S/C13H24N2O2/c1-11(15-9-5-6-12(15)10-16)13(17)14-7-3-2-4-8-14/h11-12,16H,2-10H2,1H3/t11?,12-/m1/s1. The van der Waals surface area contributed by atoms with Crippen LogP contribution in [0.15, 0.2) is 0 Å². The topological polar surface area (TPSA) is 43.8 Å². The van der Waals surface area contributed by atoms with E-state index in [1.165, 1.54) is 6.42 Å². The summed E-state index contributed by atoms with van der Waals surface area (Å²) in [4.78, 5) is 16.5. The fraction of sp³-hybridized carbons (Fsp3) is 0.923. The smallest absolute Gasteiger partial charge is 0.239 e. The highest BCUT2D eigenvalue weighted by Gasteiger charge is 2.33. The minimum Gasteiger partial charge on any atom is -0.395 e. The van der Waals surface area contributed by atoms with Crippen molar-refractivity contribution in [1.82, 2.24) is 9.80 Å². The number of carbonyl (C=O) groups excluding carboxylic acids is 1. The van der Waals surface area contributed by atoms with E-state index in [0.29, 0.717) is 0 Å². The molecular formula is C13H24N2O2. The van der Waals surface area contributed by atoms with Gasteiger partial charge >= 0.3 is 0 Å². The van der Waals surface area contributed by atoms with Crippen molar-refractivity contribution in [1.29, 1.82) is 0 Å². The van der Waals surface area contributed by atoms with Gasteiger partial charge < -0.3 is 10.0 Å². The number of aliphatic hydroxyl groups is 1. The van der Waals surface area contributed by atoms with E-state index in [1.807, 2.05) is 11.8 Å². The minimum absolute atomic E-state index is 0.0623. The molecule has 17 heavy (non-hydrogen) atoms. The third-order valence-corrected chi connectivity index (χ3v) is 4.16. The number of likely N-dealkylation sites (tertiary alicyclic amines) is 2. The second-order valence-electron chi connectivity index (χ2n) is 5.28. The zero-order valence-corrected chi connectivity index (χ0v) is 10.8. The molecule has 2 saturated heterocycles. The van der Waals surface area contributed by atoms with Gasteiger partial charge in [0.1, 0.15) is 0 Å². The summed E-state index contributed by atoms with van der Waals surface area (Å²) < 4.78 is 0. The Morgan fingerprint density at radius 2 is 1.94 bits per heavy atom. The summed E-state index contributed by atoms with van der Waals surface area (Å²) in [6.07, 6.45) is 5.65. The fourth-order valence-electron chi connectivity index (χ4n) is 3.08. The highest BCUT2D eigenvalue weighted by Crippen LogP contribution is 2.21. The van der Waals surface area contributed by atoms with Crippen molar-refractivity contribution in [2.24, 2.45) is 0 Å². The SMILES string of the molecule is CC(C(=O)N1CCCCC1)N1CCC[C@@H]1CO. The highest BCUT2D eigenvalue weighted by molar-refractivity contribution is 5.81. The Morgan fingerprint density at radius 3 is 2.59 bits per heavy atom. The normalized spacial score (nSPS) is 28.4. The van der Waals surface area contributed by atoms with Crippen LogP contribution in [-0.4, -0.2) is 59.1 Å². The lowest BCUT2D eigenvalue weighted by molar-refractivity contribution is -0.137. The molecule has 2 heterocycles. The van der Waals surface area contributed by atoms with Gasteiger partial charge in [0.15, 0.2) is 0 Å². The minimum atomic E-state index is -0.0623. The summed E-state index contributed by atoms with van der Waals surface area (Å²) >= 11 is 0. The van der Waals surface area contributed by atoms with Crippen LogP contribution in [0.25, 0.3) is 0 Å². The summed E-state index contributed by atoms with van der Waals surface area (Å²) in [5.41, 5.74) is 0. The lowest BCUT2D eigenvalue weighted by atomic mass is 10.1. The number of hydrogen-bond acceptors (Lipinski definition) is 3. The van der Waals surface area contributed by atoms with E-state index in [4.69, 9.17) is 0 Å². The zero-order chi connectivity index (χ0) is 12.3. The van der Waals surface area contributed by atoms with Crippen LogP contribution < -0.4 is 0 Å². The molecule has 4 nitrogen and oxygen atoms in total. The second-order valence-corrected chi connectivity index (χ2v) is 5.28. The Balaban J connectivity index is 1.93. The molecular weight excluding hydrogens is 216 g/mol. The van der Waals surface area contributed by atoms with Gasteiger partial charge in [-0.3, -0.25) is 9.69 Å². The summed E-state index contributed by atoms with van der Waals surface area (Å²) in [7, 11) is 0. The molecule has 0 aromatic carbocycles. The number of nitrogens with zero attached hydrogens (tertiary/aromatic N) is 2.